The van der Waals surface area contributed by atoms with Gasteiger partial charge in [0.15, 0.2) is 0 Å². The number of nitrogens with zero attached hydrogens (tertiary/aromatic N) is 1. The fourth-order valence-corrected chi connectivity index (χ4v) is 4.14. The Labute approximate surface area is 143 Å². The van der Waals surface area contributed by atoms with Crippen LogP contribution in [0.2, 0.25) is 0 Å². The Bertz CT molecular complexity index is 572. The quantitative estimate of drug-likeness (QED) is 0.868. The van der Waals surface area contributed by atoms with Crippen molar-refractivity contribution in [3.05, 3.63) is 35.6 Å². The van der Waals surface area contributed by atoms with Crippen LogP contribution in [0.25, 0.3) is 0 Å². The number of rotatable bonds is 5. The number of β-amino-alcohol motifs (C(OH)–C–C–N with tert-alkyl or cyclic N) is 1. The summed E-state index contributed by atoms with van der Waals surface area (Å²) in [6.07, 6.45) is 5.64. The topological polar surface area (TPSA) is 52.6 Å². The van der Waals surface area contributed by atoms with Crippen LogP contribution in [0.4, 0.5) is 4.39 Å². The van der Waals surface area contributed by atoms with E-state index >= 15 is 0 Å². The number of aliphatic hydroxyl groups is 1. The molecule has 24 heavy (non-hydrogen) atoms. The van der Waals surface area contributed by atoms with E-state index in [4.69, 9.17) is 0 Å². The Kier molecular flexibility index (Phi) is 5.51. The highest BCUT2D eigenvalue weighted by Crippen LogP contribution is 2.40. The van der Waals surface area contributed by atoms with E-state index in [2.05, 4.69) is 5.32 Å². The number of piperidine rings is 1. The van der Waals surface area contributed by atoms with Gasteiger partial charge in [0.2, 0.25) is 5.91 Å². The maximum atomic E-state index is 13.6. The van der Waals surface area contributed by atoms with Crippen LogP contribution in [-0.2, 0) is 10.2 Å². The average Bonchev–Trinajstić information content (AvgIpc) is 3.03. The second kappa shape index (κ2) is 7.62. The fraction of sp³-hybridized carbons (Fsp3) is 0.632. The standard InChI is InChI=1S/C19H27FN2O2/c20-16-6-3-5-15(11-16)19(8-1-2-9-19)14-21-18(24)13-22-10-4-7-17(23)12-22/h3,5-6,11,17,23H,1-2,4,7-10,12-14H2,(H,21,24)/t17-/m1/s1. The molecule has 1 heterocycles. The summed E-state index contributed by atoms with van der Waals surface area (Å²) in [5, 5.41) is 12.8. The molecule has 1 aliphatic carbocycles. The van der Waals surface area contributed by atoms with Gasteiger partial charge in [0.25, 0.3) is 0 Å². The number of nitrogens with one attached hydrogen (secondary N) is 1. The number of aliphatic hydroxyl groups excluding tert-OH is 1. The zero-order valence-corrected chi connectivity index (χ0v) is 14.1. The van der Waals surface area contributed by atoms with Gasteiger partial charge in [-0.2, -0.15) is 0 Å². The van der Waals surface area contributed by atoms with Crippen molar-refractivity contribution in [2.45, 2.75) is 50.0 Å². The Morgan fingerprint density at radius 1 is 1.33 bits per heavy atom. The Morgan fingerprint density at radius 2 is 2.12 bits per heavy atom. The number of halogens is 1. The molecule has 3 rings (SSSR count). The molecule has 2 fully saturated rings. The van der Waals surface area contributed by atoms with Crippen molar-refractivity contribution in [2.24, 2.45) is 0 Å². The molecule has 0 unspecified atom stereocenters. The lowest BCUT2D eigenvalue weighted by atomic mass is 9.78. The molecule has 1 aromatic carbocycles. The first-order valence-electron chi connectivity index (χ1n) is 9.01. The molecular weight excluding hydrogens is 307 g/mol. The van der Waals surface area contributed by atoms with Crippen LogP contribution < -0.4 is 5.32 Å². The molecule has 132 valence electrons. The number of hydrogen-bond acceptors (Lipinski definition) is 3. The van der Waals surface area contributed by atoms with Crippen molar-refractivity contribution in [1.29, 1.82) is 0 Å². The molecule has 0 radical (unpaired) electrons. The van der Waals surface area contributed by atoms with Gasteiger partial charge in [-0.1, -0.05) is 25.0 Å². The predicted molar refractivity (Wildman–Crippen MR) is 91.2 cm³/mol. The summed E-state index contributed by atoms with van der Waals surface area (Å²) in [5.74, 6) is -0.223. The number of amides is 1. The lowest BCUT2D eigenvalue weighted by Gasteiger charge is -2.32. The van der Waals surface area contributed by atoms with E-state index in [-0.39, 0.29) is 23.2 Å². The number of benzene rings is 1. The summed E-state index contributed by atoms with van der Waals surface area (Å²) in [5.41, 5.74) is 0.854. The van der Waals surface area contributed by atoms with Crippen molar-refractivity contribution < 1.29 is 14.3 Å². The molecule has 1 atom stereocenters. The number of carbonyl (C=O) groups is 1. The zero-order valence-electron chi connectivity index (χ0n) is 14.1. The highest BCUT2D eigenvalue weighted by atomic mass is 19.1. The molecule has 5 heteroatoms. The Balaban J connectivity index is 1.59. The van der Waals surface area contributed by atoms with E-state index in [1.165, 1.54) is 6.07 Å². The minimum atomic E-state index is -0.319. The first-order chi connectivity index (χ1) is 11.6. The van der Waals surface area contributed by atoms with Crippen molar-refractivity contribution in [3.8, 4) is 0 Å². The maximum absolute atomic E-state index is 13.6. The molecular formula is C19H27FN2O2. The maximum Gasteiger partial charge on any atom is 0.234 e. The third kappa shape index (κ3) is 4.14. The highest BCUT2D eigenvalue weighted by molar-refractivity contribution is 5.78. The highest BCUT2D eigenvalue weighted by Gasteiger charge is 2.36. The number of carbonyl (C=O) groups excluding carboxylic acids is 1. The average molecular weight is 334 g/mol. The zero-order chi connectivity index (χ0) is 17.0. The minimum absolute atomic E-state index is 0.00761. The number of likely N-dealkylation sites (tertiary alicyclic amines) is 1. The second-order valence-electron chi connectivity index (χ2n) is 7.31. The molecule has 1 saturated heterocycles. The van der Waals surface area contributed by atoms with E-state index in [9.17, 15) is 14.3 Å². The third-order valence-corrected chi connectivity index (χ3v) is 5.47. The predicted octanol–water partition coefficient (Wildman–Crippen LogP) is 2.21. The van der Waals surface area contributed by atoms with Crippen LogP contribution in [-0.4, -0.2) is 48.2 Å². The van der Waals surface area contributed by atoms with Gasteiger partial charge < -0.3 is 10.4 Å². The fourth-order valence-electron chi connectivity index (χ4n) is 4.14. The lowest BCUT2D eigenvalue weighted by molar-refractivity contribution is -0.123. The largest absolute Gasteiger partial charge is 0.392 e. The molecule has 0 aromatic heterocycles. The molecule has 2 aliphatic rings. The lowest BCUT2D eigenvalue weighted by Crippen LogP contribution is -2.46. The summed E-state index contributed by atoms with van der Waals surface area (Å²) in [6, 6.07) is 6.80. The summed E-state index contributed by atoms with van der Waals surface area (Å²) < 4.78 is 13.6. The van der Waals surface area contributed by atoms with Crippen LogP contribution >= 0.6 is 0 Å². The van der Waals surface area contributed by atoms with E-state index in [0.29, 0.717) is 19.6 Å². The monoisotopic (exact) mass is 334 g/mol. The van der Waals surface area contributed by atoms with Gasteiger partial charge in [0.1, 0.15) is 5.82 Å². The van der Waals surface area contributed by atoms with Gasteiger partial charge in [-0.15, -0.1) is 0 Å². The van der Waals surface area contributed by atoms with Crippen molar-refractivity contribution in [3.63, 3.8) is 0 Å². The summed E-state index contributed by atoms with van der Waals surface area (Å²) in [7, 11) is 0. The van der Waals surface area contributed by atoms with Gasteiger partial charge >= 0.3 is 0 Å². The van der Waals surface area contributed by atoms with E-state index in [0.717, 1.165) is 50.6 Å². The molecule has 1 aliphatic heterocycles. The number of hydrogen-bond donors (Lipinski definition) is 2. The molecule has 1 saturated carbocycles. The smallest absolute Gasteiger partial charge is 0.234 e. The van der Waals surface area contributed by atoms with Crippen LogP contribution in [0.3, 0.4) is 0 Å². The van der Waals surface area contributed by atoms with Gasteiger partial charge in [-0.25, -0.2) is 4.39 Å². The molecule has 2 N–H and O–H groups in total. The summed E-state index contributed by atoms with van der Waals surface area (Å²) >= 11 is 0. The van der Waals surface area contributed by atoms with Crippen LogP contribution in [0.5, 0.6) is 0 Å². The van der Waals surface area contributed by atoms with Gasteiger partial charge in [-0.05, 0) is 49.9 Å². The first kappa shape index (κ1) is 17.4. The van der Waals surface area contributed by atoms with Crippen LogP contribution in [0.1, 0.15) is 44.1 Å². The van der Waals surface area contributed by atoms with Crippen LogP contribution in [0, 0.1) is 5.82 Å². The Hall–Kier alpha value is -1.46. The second-order valence-corrected chi connectivity index (χ2v) is 7.31. The van der Waals surface area contributed by atoms with Gasteiger partial charge in [0.05, 0.1) is 12.6 Å². The van der Waals surface area contributed by atoms with Gasteiger partial charge in [0, 0.05) is 18.5 Å². The van der Waals surface area contributed by atoms with E-state index in [1.54, 1.807) is 12.1 Å². The molecule has 0 bridgehead atoms. The van der Waals surface area contributed by atoms with E-state index in [1.807, 2.05) is 11.0 Å². The van der Waals surface area contributed by atoms with Crippen molar-refractivity contribution in [1.82, 2.24) is 10.2 Å². The van der Waals surface area contributed by atoms with Crippen molar-refractivity contribution in [2.75, 3.05) is 26.2 Å². The SMILES string of the molecule is O=C(CN1CCC[C@@H](O)C1)NCC1(c2cccc(F)c2)CCCC1. The molecule has 0 spiro atoms. The van der Waals surface area contributed by atoms with Crippen molar-refractivity contribution >= 4 is 5.91 Å². The minimum Gasteiger partial charge on any atom is -0.392 e. The summed E-state index contributed by atoms with van der Waals surface area (Å²) in [6.45, 7) is 2.32. The Morgan fingerprint density at radius 3 is 2.83 bits per heavy atom. The molecule has 1 amide bonds. The van der Waals surface area contributed by atoms with Crippen LogP contribution in [0.15, 0.2) is 24.3 Å². The molecule has 1 aromatic rings. The summed E-state index contributed by atoms with van der Waals surface area (Å²) in [4.78, 5) is 14.3. The third-order valence-electron chi connectivity index (χ3n) is 5.47. The molecule has 4 nitrogen and oxygen atoms in total. The van der Waals surface area contributed by atoms with E-state index < -0.39 is 0 Å². The normalized spacial score (nSPS) is 24.0. The van der Waals surface area contributed by atoms with Gasteiger partial charge in [-0.3, -0.25) is 9.69 Å². The first-order valence-corrected chi connectivity index (χ1v) is 9.01.